The second-order valence-corrected chi connectivity index (χ2v) is 7.78. The van der Waals surface area contributed by atoms with Gasteiger partial charge in [0.2, 0.25) is 0 Å². The van der Waals surface area contributed by atoms with Crippen molar-refractivity contribution in [3.8, 4) is 0 Å². The Balaban J connectivity index is 1.97. The molecule has 166 valence electrons. The van der Waals surface area contributed by atoms with E-state index >= 15 is 0 Å². The van der Waals surface area contributed by atoms with Crippen LogP contribution < -0.4 is 0 Å². The Morgan fingerprint density at radius 3 is 2.76 bits per heavy atom. The van der Waals surface area contributed by atoms with Gasteiger partial charge in [0.1, 0.15) is 18.4 Å². The molecule has 0 unspecified atom stereocenters. The van der Waals surface area contributed by atoms with Gasteiger partial charge in [0.15, 0.2) is 0 Å². The monoisotopic (exact) mass is 420 g/mol. The van der Waals surface area contributed by atoms with Crippen LogP contribution in [-0.2, 0) is 14.3 Å². The van der Waals surface area contributed by atoms with Crippen LogP contribution in [0.25, 0.3) is 0 Å². The highest BCUT2D eigenvalue weighted by atomic mass is 19.3. The fourth-order valence-corrected chi connectivity index (χ4v) is 3.99. The number of allylic oxidation sites excluding steroid dienone is 1. The number of esters is 1. The molecule has 0 aromatic heterocycles. The molecule has 0 amide bonds. The Hall–Kier alpha value is -1.38. The highest BCUT2D eigenvalue weighted by molar-refractivity contribution is 5.69. The van der Waals surface area contributed by atoms with Crippen LogP contribution in [0.5, 0.6) is 0 Å². The molecule has 8 heteroatoms. The number of rotatable bonds is 10. The van der Waals surface area contributed by atoms with E-state index in [9.17, 15) is 28.2 Å². The van der Waals surface area contributed by atoms with Gasteiger partial charge in [0.25, 0.3) is 5.92 Å². The van der Waals surface area contributed by atoms with Gasteiger partial charge < -0.3 is 19.7 Å². The number of methoxy groups -OCH3 is 1. The van der Waals surface area contributed by atoms with Crippen molar-refractivity contribution in [2.75, 3.05) is 7.11 Å². The molecule has 0 bridgehead atoms. The van der Waals surface area contributed by atoms with Gasteiger partial charge in [-0.2, -0.15) is 0 Å². The first kappa shape index (κ1) is 23.9. The molecule has 29 heavy (non-hydrogen) atoms. The molecule has 5 nitrogen and oxygen atoms in total. The third-order valence-electron chi connectivity index (χ3n) is 5.69. The van der Waals surface area contributed by atoms with E-state index in [1.165, 1.54) is 13.2 Å². The number of aliphatic hydroxyl groups excluding tert-OH is 2. The third-order valence-corrected chi connectivity index (χ3v) is 5.69. The summed E-state index contributed by atoms with van der Waals surface area (Å²) >= 11 is 0. The molecule has 2 N–H and O–H groups in total. The van der Waals surface area contributed by atoms with Crippen LogP contribution in [0.2, 0.25) is 0 Å². The van der Waals surface area contributed by atoms with Gasteiger partial charge in [-0.15, -0.1) is 0 Å². The van der Waals surface area contributed by atoms with Gasteiger partial charge in [0, 0.05) is 31.1 Å². The van der Waals surface area contributed by atoms with Crippen molar-refractivity contribution in [3.05, 3.63) is 24.3 Å². The third kappa shape index (κ3) is 6.06. The summed E-state index contributed by atoms with van der Waals surface area (Å²) in [6.45, 7) is 1.79. The van der Waals surface area contributed by atoms with Crippen molar-refractivity contribution < 1.29 is 37.7 Å². The van der Waals surface area contributed by atoms with Crippen molar-refractivity contribution in [3.63, 3.8) is 0 Å². The number of fused-ring (bicyclic) bond motifs is 1. The molecule has 2 aliphatic rings. The predicted octanol–water partition coefficient (Wildman–Crippen LogP) is 3.34. The minimum absolute atomic E-state index is 0.178. The predicted molar refractivity (Wildman–Crippen MR) is 101 cm³/mol. The summed E-state index contributed by atoms with van der Waals surface area (Å²) in [7, 11) is 1.29. The highest BCUT2D eigenvalue weighted by Gasteiger charge is 2.54. The van der Waals surface area contributed by atoms with Crippen LogP contribution in [0.3, 0.4) is 0 Å². The SMILES string of the molecule is CCCCC(F)(F)[C@H](O)C=C[C@@H]1[C@H]2[C@H](F)[C@@H](C=CCCC(=O)OC)O[C@@H]2C[C@H]1O. The summed E-state index contributed by atoms with van der Waals surface area (Å²) in [5.74, 6) is -5.01. The number of aliphatic hydroxyl groups is 2. The van der Waals surface area contributed by atoms with Crippen LogP contribution in [0, 0.1) is 11.8 Å². The first-order valence-corrected chi connectivity index (χ1v) is 10.2. The number of halogens is 3. The normalized spacial score (nSPS) is 33.5. The van der Waals surface area contributed by atoms with E-state index in [4.69, 9.17) is 4.74 Å². The second-order valence-electron chi connectivity index (χ2n) is 7.78. The molecule has 7 atom stereocenters. The summed E-state index contributed by atoms with van der Waals surface area (Å²) in [5, 5.41) is 20.0. The van der Waals surface area contributed by atoms with E-state index in [1.54, 1.807) is 19.1 Å². The number of carbonyl (C=O) groups is 1. The van der Waals surface area contributed by atoms with Crippen LogP contribution in [0.4, 0.5) is 13.2 Å². The molecule has 0 aromatic rings. The standard InChI is InChI=1S/C21H31F3O5/c1-3-4-11-21(23,24)17(26)10-9-13-14(25)12-16-19(13)20(22)15(29-16)7-5-6-8-18(27)28-2/h5,7,9-10,13-17,19-20,25-26H,3-4,6,8,11-12H2,1-2H3/t13-,14+,15+,16+,17+,19+,20+/m0/s1. The van der Waals surface area contributed by atoms with Gasteiger partial charge in [0.05, 0.1) is 19.3 Å². The highest BCUT2D eigenvalue weighted by Crippen LogP contribution is 2.46. The number of ether oxygens (including phenoxy) is 2. The Morgan fingerprint density at radius 2 is 2.10 bits per heavy atom. The lowest BCUT2D eigenvalue weighted by molar-refractivity contribution is -0.140. The van der Waals surface area contributed by atoms with Crippen LogP contribution in [0.15, 0.2) is 24.3 Å². The molecule has 0 radical (unpaired) electrons. The summed E-state index contributed by atoms with van der Waals surface area (Å²) in [4.78, 5) is 11.1. The Bertz CT molecular complexity index is 595. The van der Waals surface area contributed by atoms with Crippen LogP contribution in [0.1, 0.15) is 45.4 Å². The fraction of sp³-hybridized carbons (Fsp3) is 0.762. The van der Waals surface area contributed by atoms with E-state index in [0.29, 0.717) is 19.3 Å². The largest absolute Gasteiger partial charge is 0.469 e. The first-order chi connectivity index (χ1) is 13.7. The minimum atomic E-state index is -3.26. The molecule has 2 rings (SSSR count). The quantitative estimate of drug-likeness (QED) is 0.419. The average molecular weight is 420 g/mol. The lowest BCUT2D eigenvalue weighted by Crippen LogP contribution is -2.33. The van der Waals surface area contributed by atoms with Gasteiger partial charge in [-0.1, -0.05) is 37.6 Å². The maximum atomic E-state index is 14.9. The topological polar surface area (TPSA) is 76.0 Å². The van der Waals surface area contributed by atoms with Gasteiger partial charge >= 0.3 is 5.97 Å². The second kappa shape index (κ2) is 10.6. The average Bonchev–Trinajstić information content (AvgIpc) is 3.16. The molecule has 1 saturated heterocycles. The van der Waals surface area contributed by atoms with Gasteiger partial charge in [-0.3, -0.25) is 4.79 Å². The molecule has 2 fully saturated rings. The summed E-state index contributed by atoms with van der Waals surface area (Å²) in [5.41, 5.74) is 0. The Morgan fingerprint density at radius 1 is 1.38 bits per heavy atom. The first-order valence-electron chi connectivity index (χ1n) is 10.2. The van der Waals surface area contributed by atoms with E-state index in [2.05, 4.69) is 4.74 Å². The van der Waals surface area contributed by atoms with Gasteiger partial charge in [-0.25, -0.2) is 13.2 Å². The van der Waals surface area contributed by atoms with Crippen LogP contribution in [-0.4, -0.2) is 59.8 Å². The van der Waals surface area contributed by atoms with Crippen LogP contribution >= 0.6 is 0 Å². The van der Waals surface area contributed by atoms with E-state index in [1.807, 2.05) is 0 Å². The van der Waals surface area contributed by atoms with Crippen molar-refractivity contribution in [2.45, 2.75) is 82.0 Å². The summed E-state index contributed by atoms with van der Waals surface area (Å²) in [6.07, 6.45) is 1.04. The number of unbranched alkanes of at least 4 members (excludes halogenated alkanes) is 1. The Kier molecular flexibility index (Phi) is 8.73. The van der Waals surface area contributed by atoms with E-state index in [-0.39, 0.29) is 18.8 Å². The molecule has 1 heterocycles. The fourth-order valence-electron chi connectivity index (χ4n) is 3.99. The van der Waals surface area contributed by atoms with E-state index < -0.39 is 54.8 Å². The lowest BCUT2D eigenvalue weighted by Gasteiger charge is -2.22. The smallest absolute Gasteiger partial charge is 0.305 e. The number of hydrogen-bond acceptors (Lipinski definition) is 5. The summed E-state index contributed by atoms with van der Waals surface area (Å²) < 4.78 is 53.0. The molecule has 0 spiro atoms. The lowest BCUT2D eigenvalue weighted by atomic mass is 9.88. The molecular formula is C21H31F3O5. The van der Waals surface area contributed by atoms with Crippen molar-refractivity contribution in [2.24, 2.45) is 11.8 Å². The minimum Gasteiger partial charge on any atom is -0.469 e. The molecule has 1 saturated carbocycles. The van der Waals surface area contributed by atoms with Crippen molar-refractivity contribution in [1.29, 1.82) is 0 Å². The number of hydrogen-bond donors (Lipinski definition) is 2. The maximum absolute atomic E-state index is 14.9. The van der Waals surface area contributed by atoms with Crippen molar-refractivity contribution >= 4 is 5.97 Å². The molecular weight excluding hydrogens is 389 g/mol. The van der Waals surface area contributed by atoms with Gasteiger partial charge in [-0.05, 0) is 12.8 Å². The Labute approximate surface area is 169 Å². The van der Waals surface area contributed by atoms with E-state index in [0.717, 1.165) is 6.08 Å². The summed E-state index contributed by atoms with van der Waals surface area (Å²) in [6, 6.07) is 0. The zero-order chi connectivity index (χ0) is 21.6. The van der Waals surface area contributed by atoms with Crippen molar-refractivity contribution in [1.82, 2.24) is 0 Å². The zero-order valence-electron chi connectivity index (χ0n) is 16.8. The maximum Gasteiger partial charge on any atom is 0.305 e. The zero-order valence-corrected chi connectivity index (χ0v) is 16.8. The molecule has 0 aromatic carbocycles. The number of alkyl halides is 3. The molecule has 1 aliphatic heterocycles. The molecule has 1 aliphatic carbocycles. The number of carbonyl (C=O) groups excluding carboxylic acids is 1.